The van der Waals surface area contributed by atoms with Gasteiger partial charge in [0.05, 0.1) is 0 Å². The Morgan fingerprint density at radius 2 is 1.40 bits per heavy atom. The topological polar surface area (TPSA) is 40.9 Å². The summed E-state index contributed by atoms with van der Waals surface area (Å²) in [5.41, 5.74) is 4.50. The van der Waals surface area contributed by atoms with Crippen LogP contribution < -0.4 is 0 Å². The molecule has 0 radical (unpaired) electrons. The maximum atomic E-state index is 7.50. The molecule has 0 aromatic carbocycles. The van der Waals surface area contributed by atoms with Crippen molar-refractivity contribution in [3.8, 4) is 0 Å². The molecule has 0 rings (SSSR count). The van der Waals surface area contributed by atoms with E-state index >= 15 is 0 Å². The van der Waals surface area contributed by atoms with E-state index in [4.69, 9.17) is 4.91 Å². The molecule has 0 bridgehead atoms. The van der Waals surface area contributed by atoms with Crippen LogP contribution in [0.25, 0.3) is 0 Å². The van der Waals surface area contributed by atoms with Crippen LogP contribution in [0.5, 0.6) is 0 Å². The molecule has 0 aromatic heterocycles. The molecular weight excluding hydrogens is 86.1 g/mol. The summed E-state index contributed by atoms with van der Waals surface area (Å²) in [5, 5.41) is 0. The van der Waals surface area contributed by atoms with Gasteiger partial charge in [0, 0.05) is 0 Å². The lowest BCUT2D eigenvalue weighted by Crippen LogP contribution is -1.25. The molecule has 0 saturated heterocycles. The van der Waals surface area contributed by atoms with Gasteiger partial charge >= 0.3 is 0 Å². The summed E-state index contributed by atoms with van der Waals surface area (Å²) < 4.78 is 0. The Morgan fingerprint density at radius 1 is 1.40 bits per heavy atom. The van der Waals surface area contributed by atoms with Crippen molar-refractivity contribution < 1.29 is 0 Å². The highest BCUT2D eigenvalue weighted by Gasteiger charge is 1.32. The molecule has 32 valence electrons. The lowest BCUT2D eigenvalue weighted by Gasteiger charge is -1.51. The normalized spacial score (nSPS) is 4.40. The van der Waals surface area contributed by atoms with Crippen molar-refractivity contribution in [1.29, 1.82) is 5.59 Å². The third-order valence-electron chi connectivity index (χ3n) is 0. The molecule has 0 spiro atoms. The monoisotopic (exact) mass is 93.0 g/mol. The Kier molecular flexibility index (Phi) is 67.6. The highest BCUT2D eigenvalue weighted by Crippen LogP contribution is 1.70. The summed E-state index contributed by atoms with van der Waals surface area (Å²) in [4.78, 5) is 7.50. The van der Waals surface area contributed by atoms with E-state index in [1.807, 2.05) is 12.5 Å². The molecule has 0 amide bonds. The zero-order valence-corrected chi connectivity index (χ0v) is 4.13. The van der Waals surface area contributed by atoms with Gasteiger partial charge in [-0.3, -0.25) is 0 Å². The fourth-order valence-corrected chi connectivity index (χ4v) is 0. The van der Waals surface area contributed by atoms with Crippen LogP contribution in [0.4, 0.5) is 0 Å². The first-order valence-electron chi connectivity index (χ1n) is 1.02. The predicted octanol–water partition coefficient (Wildman–Crippen LogP) is 1.31. The molecule has 0 fully saturated rings. The summed E-state index contributed by atoms with van der Waals surface area (Å²) in [5.74, 6) is 0. The fourth-order valence-electron chi connectivity index (χ4n) is 0. The van der Waals surface area contributed by atoms with Crippen LogP contribution in [-0.4, -0.2) is 12.5 Å². The quantitative estimate of drug-likeness (QED) is 0.459. The predicted molar refractivity (Wildman–Crippen MR) is 25.5 cm³/mol. The molecule has 1 N–H and O–H groups in total. The van der Waals surface area contributed by atoms with Gasteiger partial charge in [0.1, 0.15) is 0 Å². The van der Waals surface area contributed by atoms with Gasteiger partial charge in [0.25, 0.3) is 0 Å². The van der Waals surface area contributed by atoms with Gasteiger partial charge in [0.15, 0.2) is 0 Å². The van der Waals surface area contributed by atoms with Crippen LogP contribution >= 0.6 is 11.8 Å². The smallest absolute Gasteiger partial charge is 0.0187 e. The average Bonchev–Trinajstić information content (AvgIpc) is 1.46. The maximum Gasteiger partial charge on any atom is -0.0187 e. The third-order valence-corrected chi connectivity index (χ3v) is 0. The van der Waals surface area contributed by atoms with E-state index in [0.29, 0.717) is 0 Å². The van der Waals surface area contributed by atoms with Gasteiger partial charge in [-0.1, -0.05) is 5.59 Å². The molecule has 0 saturated carbocycles. The zero-order chi connectivity index (χ0) is 4.71. The SMILES string of the molecule is CSC.N=O. The number of rotatable bonds is 0. The van der Waals surface area contributed by atoms with Crippen LogP contribution in [-0.2, 0) is 0 Å². The number of nitroso groups, excluding NO2 is 1. The van der Waals surface area contributed by atoms with E-state index in [2.05, 4.69) is 5.59 Å². The van der Waals surface area contributed by atoms with Gasteiger partial charge in [-0.2, -0.15) is 16.7 Å². The largest absolute Gasteiger partial charge is 0.169 e. The minimum atomic E-state index is 1.75. The molecule has 0 unspecified atom stereocenters. The van der Waals surface area contributed by atoms with E-state index in [1.165, 1.54) is 0 Å². The molecule has 0 aliphatic heterocycles. The van der Waals surface area contributed by atoms with Crippen LogP contribution in [0.15, 0.2) is 0 Å². The molecule has 0 aliphatic rings. The lowest BCUT2D eigenvalue weighted by molar-refractivity contribution is 1.49. The van der Waals surface area contributed by atoms with Gasteiger partial charge in [-0.25, -0.2) is 0 Å². The van der Waals surface area contributed by atoms with Crippen molar-refractivity contribution in [3.05, 3.63) is 4.91 Å². The summed E-state index contributed by atoms with van der Waals surface area (Å²) in [6.45, 7) is 0. The van der Waals surface area contributed by atoms with Crippen LogP contribution in [0, 0.1) is 10.5 Å². The molecule has 0 aliphatic carbocycles. The van der Waals surface area contributed by atoms with Crippen LogP contribution in [0.3, 0.4) is 0 Å². The maximum absolute atomic E-state index is 7.50. The Bertz CT molecular complexity index is 13.6. The van der Waals surface area contributed by atoms with Crippen molar-refractivity contribution in [2.24, 2.45) is 0 Å². The fraction of sp³-hybridized carbons (Fsp3) is 1.00. The lowest BCUT2D eigenvalue weighted by atomic mass is 11.9. The summed E-state index contributed by atoms with van der Waals surface area (Å²) in [6, 6.07) is 0. The number of hydrogen-bond acceptors (Lipinski definition) is 3. The first-order valence-corrected chi connectivity index (χ1v) is 2.65. The van der Waals surface area contributed by atoms with Gasteiger partial charge in [-0.15, -0.1) is 0 Å². The zero-order valence-electron chi connectivity index (χ0n) is 3.32. The Hall–Kier alpha value is -0.0500. The highest BCUT2D eigenvalue weighted by molar-refractivity contribution is 7.97. The molecule has 0 heterocycles. The standard InChI is InChI=1S/C2H6S.HNO/c1-3-2;1-2/h1-2H3;1H. The Morgan fingerprint density at radius 3 is 1.40 bits per heavy atom. The van der Waals surface area contributed by atoms with Crippen molar-refractivity contribution in [3.63, 3.8) is 0 Å². The molecule has 5 heavy (non-hydrogen) atoms. The molecule has 0 aromatic rings. The first kappa shape index (κ1) is 8.87. The second-order valence-corrected chi connectivity index (χ2v) is 1.22. The molecule has 2 nitrogen and oxygen atoms in total. The Labute approximate surface area is 35.7 Å². The third kappa shape index (κ3) is 6010. The van der Waals surface area contributed by atoms with E-state index < -0.39 is 0 Å². The van der Waals surface area contributed by atoms with Crippen molar-refractivity contribution in [2.45, 2.75) is 0 Å². The Balaban J connectivity index is 0. The van der Waals surface area contributed by atoms with E-state index in [9.17, 15) is 0 Å². The summed E-state index contributed by atoms with van der Waals surface area (Å²) in [6.07, 6.45) is 4.08. The second-order valence-electron chi connectivity index (χ2n) is 0.408. The van der Waals surface area contributed by atoms with Gasteiger partial charge < -0.3 is 0 Å². The van der Waals surface area contributed by atoms with Crippen LogP contribution in [0.2, 0.25) is 0 Å². The minimum absolute atomic E-state index is 1.75. The highest BCUT2D eigenvalue weighted by atomic mass is 32.2. The van der Waals surface area contributed by atoms with Gasteiger partial charge in [0.2, 0.25) is 0 Å². The second kappa shape index (κ2) is 38.1. The average molecular weight is 93.2 g/mol. The minimum Gasteiger partial charge on any atom is -0.169 e. The van der Waals surface area contributed by atoms with Gasteiger partial charge in [-0.05, 0) is 12.5 Å². The number of nitrogens with one attached hydrogen (secondary N) is 1. The van der Waals surface area contributed by atoms with Crippen molar-refractivity contribution in [1.82, 2.24) is 0 Å². The molecule has 0 atom stereocenters. The van der Waals surface area contributed by atoms with E-state index in [1.54, 1.807) is 11.8 Å². The van der Waals surface area contributed by atoms with Crippen LogP contribution in [0.1, 0.15) is 0 Å². The number of hydrogen-bond donors (Lipinski definition) is 1. The molecule has 3 heteroatoms. The molecular formula is C2H7NOS. The summed E-state index contributed by atoms with van der Waals surface area (Å²) >= 11 is 1.75. The van der Waals surface area contributed by atoms with E-state index in [-0.39, 0.29) is 0 Å². The summed E-state index contributed by atoms with van der Waals surface area (Å²) in [7, 11) is 0. The van der Waals surface area contributed by atoms with Crippen molar-refractivity contribution >= 4 is 11.8 Å². The number of thioether (sulfide) groups is 1. The first-order chi connectivity index (χ1) is 2.41. The van der Waals surface area contributed by atoms with Crippen molar-refractivity contribution in [2.75, 3.05) is 12.5 Å². The van der Waals surface area contributed by atoms with E-state index in [0.717, 1.165) is 0 Å².